The Morgan fingerprint density at radius 2 is 1.75 bits per heavy atom. The van der Waals surface area contributed by atoms with E-state index in [4.69, 9.17) is 5.73 Å². The van der Waals surface area contributed by atoms with Crippen molar-refractivity contribution in [2.75, 3.05) is 5.73 Å². The highest BCUT2D eigenvalue weighted by Crippen LogP contribution is 2.28. The van der Waals surface area contributed by atoms with E-state index in [9.17, 15) is 9.59 Å². The highest BCUT2D eigenvalue weighted by atomic mass is 32.1. The molecule has 0 radical (unpaired) electrons. The highest BCUT2D eigenvalue weighted by Gasteiger charge is 2.35. The molecule has 20 heavy (non-hydrogen) atoms. The van der Waals surface area contributed by atoms with Crippen LogP contribution in [0.5, 0.6) is 0 Å². The molecule has 102 valence electrons. The minimum absolute atomic E-state index is 0.239. The Hall–Kier alpha value is -2.14. The van der Waals surface area contributed by atoms with E-state index >= 15 is 0 Å². The molecule has 3 rings (SSSR count). The van der Waals surface area contributed by atoms with E-state index in [0.29, 0.717) is 23.4 Å². The molecule has 0 unspecified atom stereocenters. The zero-order valence-electron chi connectivity index (χ0n) is 11.1. The monoisotopic (exact) mass is 286 g/mol. The van der Waals surface area contributed by atoms with E-state index in [0.717, 1.165) is 11.3 Å². The van der Waals surface area contributed by atoms with Crippen molar-refractivity contribution in [2.45, 2.75) is 19.9 Å². The lowest BCUT2D eigenvalue weighted by atomic mass is 10.1. The number of thiophene rings is 1. The van der Waals surface area contributed by atoms with Crippen LogP contribution in [-0.4, -0.2) is 16.7 Å². The van der Waals surface area contributed by atoms with Crippen LogP contribution in [0.1, 0.15) is 37.4 Å². The van der Waals surface area contributed by atoms with Crippen molar-refractivity contribution >= 4 is 28.8 Å². The van der Waals surface area contributed by atoms with Gasteiger partial charge in [0.05, 0.1) is 17.7 Å². The molecular weight excluding hydrogens is 272 g/mol. The Balaban J connectivity index is 1.89. The van der Waals surface area contributed by atoms with Gasteiger partial charge in [-0.15, -0.1) is 11.3 Å². The highest BCUT2D eigenvalue weighted by molar-refractivity contribution is 7.12. The van der Waals surface area contributed by atoms with Gasteiger partial charge in [0.2, 0.25) is 0 Å². The summed E-state index contributed by atoms with van der Waals surface area (Å²) in [5, 5.41) is 0. The molecule has 0 atom stereocenters. The van der Waals surface area contributed by atoms with Crippen molar-refractivity contribution in [3.05, 3.63) is 51.2 Å². The number of carbonyl (C=O) groups excluding carboxylic acids is 2. The molecular formula is C15H14N2O2S. The summed E-state index contributed by atoms with van der Waals surface area (Å²) >= 11 is 1.63. The molecule has 0 saturated carbocycles. The van der Waals surface area contributed by atoms with Crippen molar-refractivity contribution < 1.29 is 9.59 Å². The average molecular weight is 286 g/mol. The van der Waals surface area contributed by atoms with Crippen molar-refractivity contribution in [1.82, 2.24) is 4.90 Å². The third kappa shape index (κ3) is 2.00. The Bertz CT molecular complexity index is 706. The summed E-state index contributed by atoms with van der Waals surface area (Å²) in [6.07, 6.45) is 0.962. The Labute approximate surface area is 120 Å². The number of anilines is 1. The van der Waals surface area contributed by atoms with Crippen LogP contribution < -0.4 is 5.73 Å². The van der Waals surface area contributed by atoms with Crippen LogP contribution in [0.2, 0.25) is 0 Å². The fraction of sp³-hybridized carbons (Fsp3) is 0.200. The van der Waals surface area contributed by atoms with Gasteiger partial charge in [0, 0.05) is 15.4 Å². The molecule has 1 aromatic carbocycles. The summed E-state index contributed by atoms with van der Waals surface area (Å²) in [7, 11) is 0. The summed E-state index contributed by atoms with van der Waals surface area (Å²) in [4.78, 5) is 28.1. The SMILES string of the molecule is CCc1ccc(CN2C(=O)c3ccc(N)cc3C2=O)s1. The molecule has 1 aromatic heterocycles. The molecule has 4 nitrogen and oxygen atoms in total. The minimum Gasteiger partial charge on any atom is -0.399 e. The second kappa shape index (κ2) is 4.76. The van der Waals surface area contributed by atoms with Gasteiger partial charge in [-0.1, -0.05) is 6.92 Å². The topological polar surface area (TPSA) is 63.4 Å². The number of aryl methyl sites for hydroxylation is 1. The Kier molecular flexibility index (Phi) is 3.06. The standard InChI is InChI=1S/C15H14N2O2S/c1-2-10-4-5-11(20-10)8-17-14(18)12-6-3-9(16)7-13(12)15(17)19/h3-7H,2,8,16H2,1H3. The van der Waals surface area contributed by atoms with Crippen molar-refractivity contribution in [3.8, 4) is 0 Å². The van der Waals surface area contributed by atoms with Gasteiger partial charge in [-0.05, 0) is 36.8 Å². The Morgan fingerprint density at radius 3 is 2.45 bits per heavy atom. The lowest BCUT2D eigenvalue weighted by Gasteiger charge is -2.12. The largest absolute Gasteiger partial charge is 0.399 e. The molecule has 0 spiro atoms. The Morgan fingerprint density at radius 1 is 1.05 bits per heavy atom. The van der Waals surface area contributed by atoms with E-state index in [1.54, 1.807) is 29.5 Å². The molecule has 5 heteroatoms. The van der Waals surface area contributed by atoms with E-state index in [2.05, 4.69) is 6.92 Å². The van der Waals surface area contributed by atoms with Gasteiger partial charge in [-0.2, -0.15) is 0 Å². The number of carbonyl (C=O) groups is 2. The van der Waals surface area contributed by atoms with Crippen molar-refractivity contribution in [3.63, 3.8) is 0 Å². The van der Waals surface area contributed by atoms with Gasteiger partial charge in [0.15, 0.2) is 0 Å². The third-order valence-corrected chi connectivity index (χ3v) is 4.59. The van der Waals surface area contributed by atoms with E-state index < -0.39 is 0 Å². The minimum atomic E-state index is -0.260. The fourth-order valence-corrected chi connectivity index (χ4v) is 3.25. The van der Waals surface area contributed by atoms with Crippen LogP contribution in [0.15, 0.2) is 30.3 Å². The normalized spacial score (nSPS) is 13.9. The fourth-order valence-electron chi connectivity index (χ4n) is 2.31. The van der Waals surface area contributed by atoms with E-state index in [1.165, 1.54) is 9.78 Å². The van der Waals surface area contributed by atoms with Crippen molar-refractivity contribution in [1.29, 1.82) is 0 Å². The third-order valence-electron chi connectivity index (χ3n) is 3.37. The molecule has 0 bridgehead atoms. The average Bonchev–Trinajstić information content (AvgIpc) is 2.98. The maximum atomic E-state index is 12.3. The molecule has 0 aliphatic carbocycles. The number of fused-ring (bicyclic) bond motifs is 1. The molecule has 1 aliphatic rings. The predicted octanol–water partition coefficient (Wildman–Crippen LogP) is 2.69. The maximum absolute atomic E-state index is 12.3. The number of nitrogens with two attached hydrogens (primary N) is 1. The van der Waals surface area contributed by atoms with Crippen LogP contribution in [0.4, 0.5) is 5.69 Å². The van der Waals surface area contributed by atoms with Gasteiger partial charge in [-0.3, -0.25) is 14.5 Å². The quantitative estimate of drug-likeness (QED) is 0.697. The van der Waals surface area contributed by atoms with Crippen LogP contribution in [0.3, 0.4) is 0 Å². The number of nitrogens with zero attached hydrogens (tertiary/aromatic N) is 1. The molecule has 2 aromatic rings. The first kappa shape index (κ1) is 12.9. The summed E-state index contributed by atoms with van der Waals surface area (Å²) < 4.78 is 0. The number of imide groups is 1. The van der Waals surface area contributed by atoms with Crippen molar-refractivity contribution in [2.24, 2.45) is 0 Å². The molecule has 1 aliphatic heterocycles. The number of hydrogen-bond acceptors (Lipinski definition) is 4. The number of hydrogen-bond donors (Lipinski definition) is 1. The zero-order valence-corrected chi connectivity index (χ0v) is 11.9. The zero-order chi connectivity index (χ0) is 14.3. The van der Waals surface area contributed by atoms with Gasteiger partial charge >= 0.3 is 0 Å². The van der Waals surface area contributed by atoms with Crippen LogP contribution in [-0.2, 0) is 13.0 Å². The first-order chi connectivity index (χ1) is 9.60. The van der Waals surface area contributed by atoms with Gasteiger partial charge in [0.1, 0.15) is 0 Å². The molecule has 2 N–H and O–H groups in total. The lowest BCUT2D eigenvalue weighted by molar-refractivity contribution is 0.0644. The smallest absolute Gasteiger partial charge is 0.261 e. The summed E-state index contributed by atoms with van der Waals surface area (Å²) in [6, 6.07) is 8.85. The lowest BCUT2D eigenvalue weighted by Crippen LogP contribution is -2.28. The molecule has 0 fully saturated rings. The van der Waals surface area contributed by atoms with Crippen LogP contribution in [0, 0.1) is 0 Å². The summed E-state index contributed by atoms with van der Waals surface area (Å²) in [5.41, 5.74) is 7.02. The van der Waals surface area contributed by atoms with E-state index in [-0.39, 0.29) is 11.8 Å². The number of rotatable bonds is 3. The first-order valence-corrected chi connectivity index (χ1v) is 7.25. The van der Waals surface area contributed by atoms with Gasteiger partial charge in [0.25, 0.3) is 11.8 Å². The first-order valence-electron chi connectivity index (χ1n) is 6.43. The van der Waals surface area contributed by atoms with Crippen LogP contribution in [0.25, 0.3) is 0 Å². The van der Waals surface area contributed by atoms with E-state index in [1.807, 2.05) is 12.1 Å². The predicted molar refractivity (Wildman–Crippen MR) is 78.8 cm³/mol. The van der Waals surface area contributed by atoms with Crippen LogP contribution >= 0.6 is 11.3 Å². The second-order valence-electron chi connectivity index (χ2n) is 4.72. The number of benzene rings is 1. The second-order valence-corrected chi connectivity index (χ2v) is 5.98. The molecule has 2 heterocycles. The summed E-state index contributed by atoms with van der Waals surface area (Å²) in [5.74, 6) is -0.500. The number of nitrogen functional groups attached to an aromatic ring is 1. The van der Waals surface area contributed by atoms with Gasteiger partial charge < -0.3 is 5.73 Å². The maximum Gasteiger partial charge on any atom is 0.261 e. The number of amides is 2. The molecule has 2 amide bonds. The summed E-state index contributed by atoms with van der Waals surface area (Å²) in [6.45, 7) is 2.41. The van der Waals surface area contributed by atoms with Gasteiger partial charge in [-0.25, -0.2) is 0 Å². The molecule has 0 saturated heterocycles.